The van der Waals surface area contributed by atoms with Crippen LogP contribution in [0.2, 0.25) is 0 Å². The predicted octanol–water partition coefficient (Wildman–Crippen LogP) is 2.16. The smallest absolute Gasteiger partial charge is 0.262 e. The van der Waals surface area contributed by atoms with Crippen LogP contribution in [-0.2, 0) is 4.79 Å². The van der Waals surface area contributed by atoms with E-state index in [0.717, 1.165) is 11.3 Å². The molecule has 0 spiro atoms. The summed E-state index contributed by atoms with van der Waals surface area (Å²) in [7, 11) is 3.45. The number of hydrogen-bond acceptors (Lipinski definition) is 2. The van der Waals surface area contributed by atoms with Crippen molar-refractivity contribution >= 4 is 5.91 Å². The molecule has 0 fully saturated rings. The number of nitrogens with zero attached hydrogens (tertiary/aromatic N) is 1. The molecule has 16 heavy (non-hydrogen) atoms. The zero-order chi connectivity index (χ0) is 12.3. The van der Waals surface area contributed by atoms with E-state index in [1.165, 1.54) is 10.5 Å². The van der Waals surface area contributed by atoms with Crippen LogP contribution >= 0.6 is 0 Å². The van der Waals surface area contributed by atoms with Crippen molar-refractivity contribution in [1.29, 1.82) is 0 Å². The van der Waals surface area contributed by atoms with E-state index in [1.807, 2.05) is 32.0 Å². The van der Waals surface area contributed by atoms with Gasteiger partial charge in [0, 0.05) is 14.1 Å². The fraction of sp³-hybridized carbons (Fsp3) is 0.462. The molecule has 0 saturated carbocycles. The molecule has 1 rings (SSSR count). The molecular formula is C13H19NO2. The molecule has 0 radical (unpaired) electrons. The van der Waals surface area contributed by atoms with Crippen LogP contribution in [-0.4, -0.2) is 31.0 Å². The fourth-order valence-corrected chi connectivity index (χ4v) is 1.54. The quantitative estimate of drug-likeness (QED) is 0.782. The molecule has 3 heteroatoms. The molecule has 1 amide bonds. The molecule has 0 heterocycles. The molecular weight excluding hydrogens is 202 g/mol. The lowest BCUT2D eigenvalue weighted by Crippen LogP contribution is -2.35. The Morgan fingerprint density at radius 2 is 1.94 bits per heavy atom. The van der Waals surface area contributed by atoms with Gasteiger partial charge in [-0.05, 0) is 32.4 Å². The van der Waals surface area contributed by atoms with Gasteiger partial charge in [-0.15, -0.1) is 0 Å². The zero-order valence-corrected chi connectivity index (χ0v) is 10.6. The lowest BCUT2D eigenvalue weighted by molar-refractivity contribution is -0.135. The summed E-state index contributed by atoms with van der Waals surface area (Å²) in [4.78, 5) is 13.2. The number of ether oxygens (including phenoxy) is 1. The van der Waals surface area contributed by atoms with Gasteiger partial charge in [-0.2, -0.15) is 0 Å². The molecule has 1 aromatic carbocycles. The van der Waals surface area contributed by atoms with Gasteiger partial charge in [0.1, 0.15) is 5.75 Å². The van der Waals surface area contributed by atoms with Gasteiger partial charge in [-0.3, -0.25) is 4.79 Å². The average Bonchev–Trinajstić information content (AvgIpc) is 2.20. The third-order valence-electron chi connectivity index (χ3n) is 2.42. The maximum atomic E-state index is 11.6. The summed E-state index contributed by atoms with van der Waals surface area (Å²) >= 11 is 0. The minimum Gasteiger partial charge on any atom is -0.481 e. The van der Waals surface area contributed by atoms with Gasteiger partial charge in [0.15, 0.2) is 6.10 Å². The summed E-state index contributed by atoms with van der Waals surface area (Å²) in [6.07, 6.45) is -0.448. The topological polar surface area (TPSA) is 29.5 Å². The van der Waals surface area contributed by atoms with Crippen LogP contribution in [0.25, 0.3) is 0 Å². The lowest BCUT2D eigenvalue weighted by Gasteiger charge is -2.19. The molecule has 88 valence electrons. The molecule has 0 N–H and O–H groups in total. The van der Waals surface area contributed by atoms with E-state index in [-0.39, 0.29) is 5.91 Å². The number of benzene rings is 1. The summed E-state index contributed by atoms with van der Waals surface area (Å²) in [5, 5.41) is 0. The number of carbonyl (C=O) groups excluding carboxylic acids is 1. The summed E-state index contributed by atoms with van der Waals surface area (Å²) in [6, 6.07) is 5.93. The average molecular weight is 221 g/mol. The molecule has 0 saturated heterocycles. The fourth-order valence-electron chi connectivity index (χ4n) is 1.54. The van der Waals surface area contributed by atoms with Gasteiger partial charge >= 0.3 is 0 Å². The number of carbonyl (C=O) groups is 1. The third kappa shape index (κ3) is 2.99. The highest BCUT2D eigenvalue weighted by Gasteiger charge is 2.17. The van der Waals surface area contributed by atoms with Crippen molar-refractivity contribution in [1.82, 2.24) is 4.90 Å². The normalized spacial score (nSPS) is 12.1. The third-order valence-corrected chi connectivity index (χ3v) is 2.42. The van der Waals surface area contributed by atoms with Crippen molar-refractivity contribution in [2.45, 2.75) is 26.9 Å². The summed E-state index contributed by atoms with van der Waals surface area (Å²) in [5.74, 6) is 0.744. The largest absolute Gasteiger partial charge is 0.481 e. The first-order valence-electron chi connectivity index (χ1n) is 5.37. The van der Waals surface area contributed by atoms with Gasteiger partial charge in [0.2, 0.25) is 0 Å². The Morgan fingerprint density at radius 1 is 1.31 bits per heavy atom. The Morgan fingerprint density at radius 3 is 2.44 bits per heavy atom. The molecule has 0 aliphatic rings. The molecule has 0 aromatic heterocycles. The first kappa shape index (κ1) is 12.6. The molecule has 3 nitrogen and oxygen atoms in total. The molecule has 0 aliphatic heterocycles. The number of hydrogen-bond donors (Lipinski definition) is 0. The van der Waals surface area contributed by atoms with Crippen molar-refractivity contribution in [3.8, 4) is 5.75 Å². The predicted molar refractivity (Wildman–Crippen MR) is 64.7 cm³/mol. The van der Waals surface area contributed by atoms with E-state index in [2.05, 4.69) is 0 Å². The molecule has 1 aromatic rings. The minimum atomic E-state index is -0.448. The second-order valence-electron chi connectivity index (χ2n) is 4.26. The van der Waals surface area contributed by atoms with Gasteiger partial charge < -0.3 is 9.64 Å². The Labute approximate surface area is 97.0 Å². The van der Waals surface area contributed by atoms with E-state index in [1.54, 1.807) is 21.0 Å². The van der Waals surface area contributed by atoms with Crippen LogP contribution in [0.1, 0.15) is 18.1 Å². The Kier molecular flexibility index (Phi) is 3.93. The monoisotopic (exact) mass is 221 g/mol. The Bertz CT molecular complexity index is 386. The summed E-state index contributed by atoms with van der Waals surface area (Å²) in [6.45, 7) is 5.78. The number of rotatable bonds is 3. The van der Waals surface area contributed by atoms with Crippen LogP contribution in [0.5, 0.6) is 5.75 Å². The van der Waals surface area contributed by atoms with Crippen LogP contribution in [0, 0.1) is 13.8 Å². The lowest BCUT2D eigenvalue weighted by atomic mass is 10.1. The SMILES string of the molecule is Cc1ccc(OC(C)C(=O)N(C)C)c(C)c1. The van der Waals surface area contributed by atoms with E-state index < -0.39 is 6.10 Å². The van der Waals surface area contributed by atoms with Gasteiger partial charge in [-0.1, -0.05) is 17.7 Å². The van der Waals surface area contributed by atoms with Crippen LogP contribution in [0.15, 0.2) is 18.2 Å². The van der Waals surface area contributed by atoms with Gasteiger partial charge in [0.05, 0.1) is 0 Å². The van der Waals surface area contributed by atoms with Crippen molar-refractivity contribution in [2.75, 3.05) is 14.1 Å². The van der Waals surface area contributed by atoms with Gasteiger partial charge in [-0.25, -0.2) is 0 Å². The highest BCUT2D eigenvalue weighted by molar-refractivity contribution is 5.80. The maximum absolute atomic E-state index is 11.6. The molecule has 1 atom stereocenters. The van der Waals surface area contributed by atoms with Crippen LogP contribution in [0.4, 0.5) is 0 Å². The van der Waals surface area contributed by atoms with E-state index in [0.29, 0.717) is 0 Å². The number of likely N-dealkylation sites (N-methyl/N-ethyl adjacent to an activating group) is 1. The Balaban J connectivity index is 2.77. The Hall–Kier alpha value is -1.51. The second-order valence-corrected chi connectivity index (χ2v) is 4.26. The minimum absolute atomic E-state index is 0.0278. The van der Waals surface area contributed by atoms with Crippen LogP contribution < -0.4 is 4.74 Å². The number of aryl methyl sites for hydroxylation is 2. The second kappa shape index (κ2) is 5.01. The van der Waals surface area contributed by atoms with E-state index in [4.69, 9.17) is 4.74 Å². The standard InChI is InChI=1S/C13H19NO2/c1-9-6-7-12(10(2)8-9)16-11(3)13(15)14(4)5/h6-8,11H,1-5H3. The van der Waals surface area contributed by atoms with Crippen LogP contribution in [0.3, 0.4) is 0 Å². The highest BCUT2D eigenvalue weighted by Crippen LogP contribution is 2.20. The van der Waals surface area contributed by atoms with Crippen molar-refractivity contribution < 1.29 is 9.53 Å². The molecule has 0 bridgehead atoms. The zero-order valence-electron chi connectivity index (χ0n) is 10.6. The highest BCUT2D eigenvalue weighted by atomic mass is 16.5. The first-order chi connectivity index (χ1) is 7.41. The van der Waals surface area contributed by atoms with E-state index >= 15 is 0 Å². The molecule has 0 aliphatic carbocycles. The van der Waals surface area contributed by atoms with Crippen molar-refractivity contribution in [2.24, 2.45) is 0 Å². The summed E-state index contributed by atoms with van der Waals surface area (Å²) in [5.41, 5.74) is 2.25. The molecule has 1 unspecified atom stereocenters. The maximum Gasteiger partial charge on any atom is 0.262 e. The number of amides is 1. The van der Waals surface area contributed by atoms with E-state index in [9.17, 15) is 4.79 Å². The van der Waals surface area contributed by atoms with Crippen molar-refractivity contribution in [3.63, 3.8) is 0 Å². The summed E-state index contributed by atoms with van der Waals surface area (Å²) < 4.78 is 5.63. The first-order valence-corrected chi connectivity index (χ1v) is 5.37. The van der Waals surface area contributed by atoms with Crippen molar-refractivity contribution in [3.05, 3.63) is 29.3 Å². The van der Waals surface area contributed by atoms with Gasteiger partial charge in [0.25, 0.3) is 5.91 Å².